The van der Waals surface area contributed by atoms with Gasteiger partial charge in [-0.3, -0.25) is 0 Å². The third-order valence-electron chi connectivity index (χ3n) is 5.89. The normalized spacial score (nSPS) is 22.3. The van der Waals surface area contributed by atoms with E-state index in [4.69, 9.17) is 11.6 Å². The van der Waals surface area contributed by atoms with Crippen molar-refractivity contribution in [2.45, 2.75) is 18.4 Å². The smallest absolute Gasteiger partial charge is 0.335 e. The number of anilines is 1. The summed E-state index contributed by atoms with van der Waals surface area (Å²) in [6, 6.07) is 21.9. The van der Waals surface area contributed by atoms with Crippen molar-refractivity contribution in [2.75, 3.05) is 5.32 Å². The van der Waals surface area contributed by atoms with Crippen molar-refractivity contribution < 1.29 is 9.90 Å². The van der Waals surface area contributed by atoms with Crippen LogP contribution in [0.1, 0.15) is 44.6 Å². The molecule has 0 saturated heterocycles. The van der Waals surface area contributed by atoms with E-state index in [1.165, 1.54) is 11.1 Å². The van der Waals surface area contributed by atoms with Gasteiger partial charge in [-0.1, -0.05) is 54.1 Å². The van der Waals surface area contributed by atoms with E-state index in [1.807, 2.05) is 30.3 Å². The van der Waals surface area contributed by atoms with Crippen molar-refractivity contribution in [3.8, 4) is 0 Å². The van der Waals surface area contributed by atoms with Gasteiger partial charge in [0.2, 0.25) is 0 Å². The maximum Gasteiger partial charge on any atom is 0.335 e. The maximum atomic E-state index is 11.5. The van der Waals surface area contributed by atoms with Crippen LogP contribution in [0.3, 0.4) is 0 Å². The largest absolute Gasteiger partial charge is 0.478 e. The highest BCUT2D eigenvalue weighted by Crippen LogP contribution is 2.54. The molecule has 0 aromatic heterocycles. The lowest BCUT2D eigenvalue weighted by atomic mass is 9.75. The molecular weight excluding hydrogens is 358 g/mol. The number of nitrogens with one attached hydrogen (secondary N) is 1. The summed E-state index contributed by atoms with van der Waals surface area (Å²) in [7, 11) is 0. The summed E-state index contributed by atoms with van der Waals surface area (Å²) >= 11 is 6.54. The lowest BCUT2D eigenvalue weighted by Gasteiger charge is -2.38. The van der Waals surface area contributed by atoms with Crippen molar-refractivity contribution in [1.82, 2.24) is 0 Å². The van der Waals surface area contributed by atoms with Crippen molar-refractivity contribution in [3.63, 3.8) is 0 Å². The van der Waals surface area contributed by atoms with Crippen molar-refractivity contribution >= 4 is 23.3 Å². The molecule has 0 amide bonds. The van der Waals surface area contributed by atoms with Gasteiger partial charge in [-0.25, -0.2) is 4.79 Å². The molecule has 2 aliphatic rings. The van der Waals surface area contributed by atoms with Gasteiger partial charge in [0.05, 0.1) is 11.6 Å². The summed E-state index contributed by atoms with van der Waals surface area (Å²) in [4.78, 5) is 11.5. The quantitative estimate of drug-likeness (QED) is 0.621. The topological polar surface area (TPSA) is 49.3 Å². The Balaban J connectivity index is 1.71. The molecule has 0 unspecified atom stereocenters. The van der Waals surface area contributed by atoms with E-state index in [0.717, 1.165) is 28.3 Å². The van der Waals surface area contributed by atoms with Gasteiger partial charge in [0.15, 0.2) is 0 Å². The van der Waals surface area contributed by atoms with E-state index in [0.29, 0.717) is 11.5 Å². The summed E-state index contributed by atoms with van der Waals surface area (Å²) in [6.45, 7) is 0. The number of benzene rings is 3. The summed E-state index contributed by atoms with van der Waals surface area (Å²) in [5.41, 5.74) is 6.10. The Kier molecular flexibility index (Phi) is 3.73. The molecule has 134 valence electrons. The van der Waals surface area contributed by atoms with Gasteiger partial charge >= 0.3 is 5.97 Å². The molecule has 0 bridgehead atoms. The number of carboxylic acids is 1. The van der Waals surface area contributed by atoms with Crippen LogP contribution < -0.4 is 5.32 Å². The van der Waals surface area contributed by atoms with Crippen LogP contribution in [-0.2, 0) is 6.42 Å². The Morgan fingerprint density at radius 3 is 2.48 bits per heavy atom. The Hall–Kier alpha value is -2.78. The zero-order chi connectivity index (χ0) is 18.5. The SMILES string of the molecule is O=C(O)c1ccc2c(c1)[C@@H]1c3ccccc3C[C@H]1[C@H](c1ccccc1Cl)N2. The van der Waals surface area contributed by atoms with Gasteiger partial charge in [-0.15, -0.1) is 0 Å². The Morgan fingerprint density at radius 1 is 0.963 bits per heavy atom. The fourth-order valence-corrected chi connectivity index (χ4v) is 4.98. The Morgan fingerprint density at radius 2 is 1.70 bits per heavy atom. The first-order chi connectivity index (χ1) is 13.1. The molecule has 0 radical (unpaired) electrons. The number of hydrogen-bond acceptors (Lipinski definition) is 2. The van der Waals surface area contributed by atoms with E-state index in [9.17, 15) is 9.90 Å². The second kappa shape index (κ2) is 6.14. The average Bonchev–Trinajstić information content (AvgIpc) is 3.07. The number of hydrogen-bond donors (Lipinski definition) is 2. The molecule has 1 aliphatic carbocycles. The molecule has 3 aromatic rings. The van der Waals surface area contributed by atoms with E-state index in [-0.39, 0.29) is 12.0 Å². The molecule has 0 fully saturated rings. The number of aromatic carboxylic acids is 1. The van der Waals surface area contributed by atoms with Crippen LogP contribution >= 0.6 is 11.6 Å². The minimum atomic E-state index is -0.895. The fourth-order valence-electron chi connectivity index (χ4n) is 4.73. The third-order valence-corrected chi connectivity index (χ3v) is 6.23. The fraction of sp³-hybridized carbons (Fsp3) is 0.174. The molecule has 3 aromatic carbocycles. The summed E-state index contributed by atoms with van der Waals surface area (Å²) in [6.07, 6.45) is 0.945. The molecular formula is C23H18ClNO2. The van der Waals surface area contributed by atoms with Gasteiger partial charge in [-0.05, 0) is 58.9 Å². The molecule has 4 heteroatoms. The second-order valence-corrected chi connectivity index (χ2v) is 7.70. The van der Waals surface area contributed by atoms with Crippen LogP contribution in [0.4, 0.5) is 5.69 Å². The molecule has 3 nitrogen and oxygen atoms in total. The predicted molar refractivity (Wildman–Crippen MR) is 107 cm³/mol. The predicted octanol–water partition coefficient (Wildman–Crippen LogP) is 5.51. The zero-order valence-corrected chi connectivity index (χ0v) is 15.3. The van der Waals surface area contributed by atoms with E-state index >= 15 is 0 Å². The number of rotatable bonds is 2. The summed E-state index contributed by atoms with van der Waals surface area (Å²) in [5, 5.41) is 13.9. The van der Waals surface area contributed by atoms with E-state index in [1.54, 1.807) is 6.07 Å². The van der Waals surface area contributed by atoms with Gasteiger partial charge in [0.25, 0.3) is 0 Å². The molecule has 0 saturated carbocycles. The van der Waals surface area contributed by atoms with Crippen molar-refractivity contribution in [2.24, 2.45) is 5.92 Å². The molecule has 1 aliphatic heterocycles. The molecule has 2 N–H and O–H groups in total. The average molecular weight is 376 g/mol. The van der Waals surface area contributed by atoms with Gasteiger partial charge in [0, 0.05) is 16.6 Å². The number of halogens is 1. The molecule has 5 rings (SSSR count). The van der Waals surface area contributed by atoms with Crippen LogP contribution in [0.2, 0.25) is 5.02 Å². The van der Waals surface area contributed by atoms with Crippen LogP contribution in [-0.4, -0.2) is 11.1 Å². The first-order valence-electron chi connectivity index (χ1n) is 9.09. The molecule has 1 heterocycles. The Labute approximate surface area is 162 Å². The minimum absolute atomic E-state index is 0.0827. The van der Waals surface area contributed by atoms with Crippen LogP contribution in [0.5, 0.6) is 0 Å². The zero-order valence-electron chi connectivity index (χ0n) is 14.5. The van der Waals surface area contributed by atoms with E-state index in [2.05, 4.69) is 35.6 Å². The second-order valence-electron chi connectivity index (χ2n) is 7.30. The monoisotopic (exact) mass is 375 g/mol. The highest BCUT2D eigenvalue weighted by molar-refractivity contribution is 6.31. The molecule has 27 heavy (non-hydrogen) atoms. The standard InChI is InChI=1S/C23H18ClNO2/c24-19-8-4-3-7-16(19)22-18-11-13-5-1-2-6-15(13)21(18)17-12-14(23(26)27)9-10-20(17)25-22/h1-10,12,18,21-22,25H,11H2,(H,26,27)/t18-,21+,22+/m1/s1. The minimum Gasteiger partial charge on any atom is -0.478 e. The van der Waals surface area contributed by atoms with Crippen LogP contribution in [0, 0.1) is 5.92 Å². The first kappa shape index (κ1) is 16.4. The summed E-state index contributed by atoms with van der Waals surface area (Å²) in [5.74, 6) is -0.439. The Bertz CT molecular complexity index is 1060. The van der Waals surface area contributed by atoms with Gasteiger partial charge < -0.3 is 10.4 Å². The summed E-state index contributed by atoms with van der Waals surface area (Å²) < 4.78 is 0. The van der Waals surface area contributed by atoms with Gasteiger partial charge in [-0.2, -0.15) is 0 Å². The number of carbonyl (C=O) groups is 1. The highest BCUT2D eigenvalue weighted by Gasteiger charge is 2.43. The molecule has 3 atom stereocenters. The third kappa shape index (κ3) is 2.54. The van der Waals surface area contributed by atoms with Crippen LogP contribution in [0.25, 0.3) is 0 Å². The van der Waals surface area contributed by atoms with Crippen LogP contribution in [0.15, 0.2) is 66.7 Å². The van der Waals surface area contributed by atoms with Gasteiger partial charge in [0.1, 0.15) is 0 Å². The lowest BCUT2D eigenvalue weighted by molar-refractivity contribution is 0.0696. The number of fused-ring (bicyclic) bond motifs is 5. The van der Waals surface area contributed by atoms with Crippen molar-refractivity contribution in [3.05, 3.63) is 99.6 Å². The van der Waals surface area contributed by atoms with E-state index < -0.39 is 5.97 Å². The van der Waals surface area contributed by atoms with Crippen molar-refractivity contribution in [1.29, 1.82) is 0 Å². The highest BCUT2D eigenvalue weighted by atomic mass is 35.5. The maximum absolute atomic E-state index is 11.5. The molecule has 0 spiro atoms. The number of carboxylic acid groups (broad SMARTS) is 1. The lowest BCUT2D eigenvalue weighted by Crippen LogP contribution is -2.30. The first-order valence-corrected chi connectivity index (χ1v) is 9.47.